The third-order valence-electron chi connectivity index (χ3n) is 3.88. The molecule has 0 bridgehead atoms. The lowest BCUT2D eigenvalue weighted by Crippen LogP contribution is -2.31. The summed E-state index contributed by atoms with van der Waals surface area (Å²) in [5.74, 6) is 0. The standard InChI is InChI=1S/C15H20N4/c1-17(2)15-8-11-18(12-15)13-4-6-14(7-5-13)19-10-3-9-16-19/h3-7,9-10,15H,8,11-12H2,1-2H3/t15-/m1/s1. The van der Waals surface area contributed by atoms with Gasteiger partial charge in [-0.1, -0.05) is 0 Å². The second-order valence-electron chi connectivity index (χ2n) is 5.32. The van der Waals surface area contributed by atoms with Crippen LogP contribution in [0.15, 0.2) is 42.7 Å². The first-order valence-corrected chi connectivity index (χ1v) is 6.75. The molecule has 1 aromatic heterocycles. The van der Waals surface area contributed by atoms with Crippen molar-refractivity contribution in [2.24, 2.45) is 0 Å². The molecule has 4 heteroatoms. The minimum absolute atomic E-state index is 0.672. The maximum atomic E-state index is 4.25. The Kier molecular flexibility index (Phi) is 3.25. The molecular formula is C15H20N4. The maximum Gasteiger partial charge on any atom is 0.0647 e. The molecule has 0 saturated carbocycles. The molecule has 2 heterocycles. The van der Waals surface area contributed by atoms with Gasteiger partial charge in [0.2, 0.25) is 0 Å². The molecule has 0 amide bonds. The second-order valence-corrected chi connectivity index (χ2v) is 5.32. The van der Waals surface area contributed by atoms with Gasteiger partial charge in [0.05, 0.1) is 5.69 Å². The fourth-order valence-corrected chi connectivity index (χ4v) is 2.64. The van der Waals surface area contributed by atoms with Crippen LogP contribution in [0.2, 0.25) is 0 Å². The number of hydrogen-bond acceptors (Lipinski definition) is 3. The molecule has 19 heavy (non-hydrogen) atoms. The van der Waals surface area contributed by atoms with Crippen molar-refractivity contribution < 1.29 is 0 Å². The second kappa shape index (κ2) is 5.05. The highest BCUT2D eigenvalue weighted by molar-refractivity contribution is 5.51. The van der Waals surface area contributed by atoms with Crippen LogP contribution in [0.3, 0.4) is 0 Å². The molecule has 1 aliphatic heterocycles. The van der Waals surface area contributed by atoms with Crippen LogP contribution in [0, 0.1) is 0 Å². The van der Waals surface area contributed by atoms with Crippen molar-refractivity contribution >= 4 is 5.69 Å². The van der Waals surface area contributed by atoms with Crippen LogP contribution in [0.4, 0.5) is 5.69 Å². The Morgan fingerprint density at radius 3 is 2.47 bits per heavy atom. The number of aromatic nitrogens is 2. The minimum Gasteiger partial charge on any atom is -0.370 e. The van der Waals surface area contributed by atoms with Gasteiger partial charge in [0.15, 0.2) is 0 Å². The zero-order valence-electron chi connectivity index (χ0n) is 11.5. The van der Waals surface area contributed by atoms with E-state index in [1.165, 1.54) is 12.1 Å². The lowest BCUT2D eigenvalue weighted by molar-refractivity contribution is 0.315. The van der Waals surface area contributed by atoms with E-state index < -0.39 is 0 Å². The van der Waals surface area contributed by atoms with Crippen LogP contribution in [-0.2, 0) is 0 Å². The van der Waals surface area contributed by atoms with E-state index in [-0.39, 0.29) is 0 Å². The molecule has 0 N–H and O–H groups in total. The van der Waals surface area contributed by atoms with Crippen molar-refractivity contribution in [1.82, 2.24) is 14.7 Å². The summed E-state index contributed by atoms with van der Waals surface area (Å²) in [6, 6.07) is 11.3. The fourth-order valence-electron chi connectivity index (χ4n) is 2.64. The first-order valence-electron chi connectivity index (χ1n) is 6.75. The zero-order chi connectivity index (χ0) is 13.2. The number of rotatable bonds is 3. The van der Waals surface area contributed by atoms with Crippen molar-refractivity contribution in [3.8, 4) is 5.69 Å². The normalized spacial score (nSPS) is 19.3. The molecule has 0 aliphatic carbocycles. The molecule has 1 aromatic carbocycles. The Labute approximate surface area is 114 Å². The number of benzene rings is 1. The average molecular weight is 256 g/mol. The Morgan fingerprint density at radius 1 is 1.16 bits per heavy atom. The molecule has 4 nitrogen and oxygen atoms in total. The smallest absolute Gasteiger partial charge is 0.0647 e. The average Bonchev–Trinajstić information content (AvgIpc) is 3.11. The van der Waals surface area contributed by atoms with Gasteiger partial charge in [-0.05, 0) is 50.8 Å². The molecule has 1 atom stereocenters. The van der Waals surface area contributed by atoms with Crippen molar-refractivity contribution in [2.75, 3.05) is 32.1 Å². The van der Waals surface area contributed by atoms with E-state index in [1.54, 1.807) is 6.20 Å². The van der Waals surface area contributed by atoms with E-state index in [1.807, 2.05) is 16.9 Å². The molecule has 0 spiro atoms. The quantitative estimate of drug-likeness (QED) is 0.839. The summed E-state index contributed by atoms with van der Waals surface area (Å²) in [6.45, 7) is 2.26. The number of hydrogen-bond donors (Lipinski definition) is 0. The number of nitrogens with zero attached hydrogens (tertiary/aromatic N) is 4. The molecule has 3 rings (SSSR count). The van der Waals surface area contributed by atoms with E-state index in [0.29, 0.717) is 6.04 Å². The van der Waals surface area contributed by atoms with E-state index in [2.05, 4.69) is 53.3 Å². The summed E-state index contributed by atoms with van der Waals surface area (Å²) in [5.41, 5.74) is 2.41. The van der Waals surface area contributed by atoms with Crippen LogP contribution in [0.25, 0.3) is 5.69 Å². The summed E-state index contributed by atoms with van der Waals surface area (Å²) >= 11 is 0. The van der Waals surface area contributed by atoms with Gasteiger partial charge in [-0.3, -0.25) is 0 Å². The monoisotopic (exact) mass is 256 g/mol. The summed E-state index contributed by atoms with van der Waals surface area (Å²) in [6.07, 6.45) is 5.01. The first kappa shape index (κ1) is 12.2. The van der Waals surface area contributed by atoms with E-state index in [9.17, 15) is 0 Å². The zero-order valence-corrected chi connectivity index (χ0v) is 11.5. The van der Waals surface area contributed by atoms with Crippen LogP contribution in [0.5, 0.6) is 0 Å². The first-order chi connectivity index (χ1) is 9.24. The van der Waals surface area contributed by atoms with E-state index in [0.717, 1.165) is 18.8 Å². The van der Waals surface area contributed by atoms with Gasteiger partial charge in [0, 0.05) is 37.2 Å². The van der Waals surface area contributed by atoms with Gasteiger partial charge in [-0.2, -0.15) is 5.10 Å². The Morgan fingerprint density at radius 2 is 1.89 bits per heavy atom. The summed E-state index contributed by atoms with van der Waals surface area (Å²) in [5, 5.41) is 4.25. The molecule has 0 radical (unpaired) electrons. The Balaban J connectivity index is 1.73. The van der Waals surface area contributed by atoms with Gasteiger partial charge >= 0.3 is 0 Å². The molecule has 1 saturated heterocycles. The Bertz CT molecular complexity index is 516. The summed E-state index contributed by atoms with van der Waals surface area (Å²) in [4.78, 5) is 4.77. The molecule has 2 aromatic rings. The summed E-state index contributed by atoms with van der Waals surface area (Å²) in [7, 11) is 4.32. The molecule has 1 aliphatic rings. The van der Waals surface area contributed by atoms with Crippen molar-refractivity contribution in [1.29, 1.82) is 0 Å². The third kappa shape index (κ3) is 2.49. The highest BCUT2D eigenvalue weighted by Gasteiger charge is 2.23. The Hall–Kier alpha value is -1.81. The highest BCUT2D eigenvalue weighted by Crippen LogP contribution is 2.23. The van der Waals surface area contributed by atoms with Crippen molar-refractivity contribution in [3.05, 3.63) is 42.7 Å². The SMILES string of the molecule is CN(C)[C@@H]1CCN(c2ccc(-n3cccn3)cc2)C1. The number of likely N-dealkylation sites (N-methyl/N-ethyl adjacent to an activating group) is 1. The van der Waals surface area contributed by atoms with Gasteiger partial charge in [-0.25, -0.2) is 4.68 Å². The number of anilines is 1. The highest BCUT2D eigenvalue weighted by atomic mass is 15.3. The topological polar surface area (TPSA) is 24.3 Å². The van der Waals surface area contributed by atoms with E-state index in [4.69, 9.17) is 0 Å². The molecule has 1 fully saturated rings. The predicted octanol–water partition coefficient (Wildman–Crippen LogP) is 2.01. The largest absolute Gasteiger partial charge is 0.370 e. The fraction of sp³-hybridized carbons (Fsp3) is 0.400. The lowest BCUT2D eigenvalue weighted by Gasteiger charge is -2.22. The van der Waals surface area contributed by atoms with E-state index >= 15 is 0 Å². The molecule has 100 valence electrons. The van der Waals surface area contributed by atoms with Crippen LogP contribution >= 0.6 is 0 Å². The minimum atomic E-state index is 0.672. The van der Waals surface area contributed by atoms with Crippen LogP contribution in [0.1, 0.15) is 6.42 Å². The van der Waals surface area contributed by atoms with Gasteiger partial charge in [0.25, 0.3) is 0 Å². The van der Waals surface area contributed by atoms with Crippen LogP contribution in [-0.4, -0.2) is 47.9 Å². The van der Waals surface area contributed by atoms with Crippen molar-refractivity contribution in [3.63, 3.8) is 0 Å². The third-order valence-corrected chi connectivity index (χ3v) is 3.88. The molecule has 0 unspecified atom stereocenters. The van der Waals surface area contributed by atoms with Gasteiger partial charge in [0.1, 0.15) is 0 Å². The van der Waals surface area contributed by atoms with Crippen molar-refractivity contribution in [2.45, 2.75) is 12.5 Å². The van der Waals surface area contributed by atoms with Crippen LogP contribution < -0.4 is 4.90 Å². The predicted molar refractivity (Wildman–Crippen MR) is 77.9 cm³/mol. The maximum absolute atomic E-state index is 4.25. The van der Waals surface area contributed by atoms with Gasteiger partial charge in [-0.15, -0.1) is 0 Å². The van der Waals surface area contributed by atoms with Gasteiger partial charge < -0.3 is 9.80 Å². The lowest BCUT2D eigenvalue weighted by atomic mass is 10.2. The summed E-state index contributed by atoms with van der Waals surface area (Å²) < 4.78 is 1.89. The molecular weight excluding hydrogens is 236 g/mol.